The Kier molecular flexibility index (Phi) is 7.70. The summed E-state index contributed by atoms with van der Waals surface area (Å²) in [6, 6.07) is 14.0. The molecule has 0 aliphatic carbocycles. The minimum atomic E-state index is -1.17. The van der Waals surface area contributed by atoms with E-state index < -0.39 is 30.0 Å². The topological polar surface area (TPSA) is 129 Å². The van der Waals surface area contributed by atoms with E-state index in [1.54, 1.807) is 11.0 Å². The van der Waals surface area contributed by atoms with Gasteiger partial charge in [0, 0.05) is 17.6 Å². The lowest BCUT2D eigenvalue weighted by Crippen LogP contribution is -2.53. The Balaban J connectivity index is 1.87. The van der Waals surface area contributed by atoms with E-state index in [0.29, 0.717) is 30.4 Å². The molecule has 1 aliphatic heterocycles. The fourth-order valence-corrected chi connectivity index (χ4v) is 4.25. The van der Waals surface area contributed by atoms with Crippen LogP contribution in [-0.4, -0.2) is 60.6 Å². The number of amidine groups is 1. The van der Waals surface area contributed by atoms with Crippen molar-refractivity contribution in [3.63, 3.8) is 0 Å². The van der Waals surface area contributed by atoms with E-state index in [4.69, 9.17) is 20.0 Å². The molecule has 0 spiro atoms. The standard InChI is InChI=1S/C23H24BrN3O6/c1-32-22(31)27-11-9-23(10-12-27,15-5-3-2-4-6-15)21(25)26-20(30)17-13-16(24)7-8-18(17)33-14-19(28)29/h2-8,13H,9-12,14H2,1H3,(H,28,29)(H2,25,26,30). The largest absolute Gasteiger partial charge is 0.481 e. The van der Waals surface area contributed by atoms with Gasteiger partial charge in [0.1, 0.15) is 11.6 Å². The third-order valence-corrected chi connectivity index (χ3v) is 6.12. The molecule has 1 fully saturated rings. The second kappa shape index (κ2) is 10.5. The highest BCUT2D eigenvalue weighted by Crippen LogP contribution is 2.36. The highest BCUT2D eigenvalue weighted by atomic mass is 79.9. The van der Waals surface area contributed by atoms with Crippen LogP contribution in [0.3, 0.4) is 0 Å². The maximum atomic E-state index is 13.1. The number of hydrogen-bond acceptors (Lipinski definition) is 6. The molecule has 0 unspecified atom stereocenters. The molecule has 33 heavy (non-hydrogen) atoms. The van der Waals surface area contributed by atoms with Crippen LogP contribution in [0.4, 0.5) is 4.79 Å². The lowest BCUT2D eigenvalue weighted by Gasteiger charge is -2.42. The minimum Gasteiger partial charge on any atom is -0.481 e. The highest BCUT2D eigenvalue weighted by Gasteiger charge is 2.42. The van der Waals surface area contributed by atoms with Crippen LogP contribution >= 0.6 is 15.9 Å². The van der Waals surface area contributed by atoms with E-state index in [2.05, 4.69) is 21.2 Å². The fraction of sp³-hybridized carbons (Fsp3) is 0.304. The van der Waals surface area contributed by atoms with Gasteiger partial charge in [-0.3, -0.25) is 10.2 Å². The van der Waals surface area contributed by atoms with E-state index in [9.17, 15) is 14.4 Å². The Labute approximate surface area is 199 Å². The summed E-state index contributed by atoms with van der Waals surface area (Å²) in [5, 5.41) is 20.4. The molecular weight excluding hydrogens is 494 g/mol. The lowest BCUT2D eigenvalue weighted by molar-refractivity contribution is -0.139. The van der Waals surface area contributed by atoms with E-state index >= 15 is 0 Å². The first-order chi connectivity index (χ1) is 15.8. The molecular formula is C23H24BrN3O6. The molecule has 174 valence electrons. The summed E-state index contributed by atoms with van der Waals surface area (Å²) < 4.78 is 10.7. The van der Waals surface area contributed by atoms with Crippen LogP contribution in [0.5, 0.6) is 5.75 Å². The van der Waals surface area contributed by atoms with Crippen LogP contribution < -0.4 is 10.1 Å². The van der Waals surface area contributed by atoms with Gasteiger partial charge in [-0.15, -0.1) is 0 Å². The third kappa shape index (κ3) is 5.51. The number of methoxy groups -OCH3 is 1. The average Bonchev–Trinajstić information content (AvgIpc) is 2.83. The van der Waals surface area contributed by atoms with Gasteiger partial charge in [-0.05, 0) is 36.6 Å². The molecule has 0 aromatic heterocycles. The highest BCUT2D eigenvalue weighted by molar-refractivity contribution is 9.10. The number of carbonyl (C=O) groups excluding carboxylic acids is 2. The summed E-state index contributed by atoms with van der Waals surface area (Å²) >= 11 is 3.31. The predicted octanol–water partition coefficient (Wildman–Crippen LogP) is 3.42. The van der Waals surface area contributed by atoms with E-state index in [0.717, 1.165) is 5.56 Å². The van der Waals surface area contributed by atoms with Gasteiger partial charge in [0.15, 0.2) is 6.61 Å². The summed E-state index contributed by atoms with van der Waals surface area (Å²) in [4.78, 5) is 37.5. The van der Waals surface area contributed by atoms with E-state index in [1.165, 1.54) is 19.2 Å². The van der Waals surface area contributed by atoms with Gasteiger partial charge in [0.2, 0.25) is 0 Å². The van der Waals surface area contributed by atoms with Gasteiger partial charge in [-0.25, -0.2) is 9.59 Å². The summed E-state index contributed by atoms with van der Waals surface area (Å²) in [6.07, 6.45) is 0.416. The molecule has 9 nitrogen and oxygen atoms in total. The van der Waals surface area contributed by atoms with Crippen molar-refractivity contribution in [1.29, 1.82) is 5.41 Å². The monoisotopic (exact) mass is 517 g/mol. The van der Waals surface area contributed by atoms with Crippen molar-refractivity contribution in [1.82, 2.24) is 10.2 Å². The average molecular weight is 518 g/mol. The Morgan fingerprint density at radius 3 is 2.42 bits per heavy atom. The normalized spacial score (nSPS) is 14.8. The Morgan fingerprint density at radius 2 is 1.82 bits per heavy atom. The lowest BCUT2D eigenvalue weighted by atomic mass is 9.71. The fourth-order valence-electron chi connectivity index (χ4n) is 3.89. The number of amides is 2. The quantitative estimate of drug-likeness (QED) is 0.397. The number of benzene rings is 2. The van der Waals surface area contributed by atoms with Crippen molar-refractivity contribution in [2.75, 3.05) is 26.8 Å². The van der Waals surface area contributed by atoms with Crippen LogP contribution in [-0.2, 0) is 14.9 Å². The number of likely N-dealkylation sites (tertiary alicyclic amines) is 1. The van der Waals surface area contributed by atoms with E-state index in [1.807, 2.05) is 30.3 Å². The molecule has 2 aromatic rings. The van der Waals surface area contributed by atoms with Gasteiger partial charge in [-0.1, -0.05) is 46.3 Å². The van der Waals surface area contributed by atoms with Crippen LogP contribution in [0.2, 0.25) is 0 Å². The molecule has 10 heteroatoms. The number of nitrogens with one attached hydrogen (secondary N) is 2. The summed E-state index contributed by atoms with van der Waals surface area (Å²) in [5.74, 6) is -1.67. The van der Waals surface area contributed by atoms with Gasteiger partial charge < -0.3 is 24.8 Å². The van der Waals surface area contributed by atoms with Crippen molar-refractivity contribution in [3.05, 3.63) is 64.1 Å². The molecule has 1 saturated heterocycles. The second-order valence-corrected chi connectivity index (χ2v) is 8.47. The SMILES string of the molecule is COC(=O)N1CCC(C(=N)NC(=O)c2cc(Br)ccc2OCC(=O)O)(c2ccccc2)CC1. The smallest absolute Gasteiger partial charge is 0.409 e. The van der Waals surface area contributed by atoms with Crippen LogP contribution in [0, 0.1) is 5.41 Å². The van der Waals surface area contributed by atoms with Crippen LogP contribution in [0.25, 0.3) is 0 Å². The van der Waals surface area contributed by atoms with Crippen LogP contribution in [0.15, 0.2) is 53.0 Å². The molecule has 0 bridgehead atoms. The zero-order valence-corrected chi connectivity index (χ0v) is 19.6. The van der Waals surface area contributed by atoms with Crippen molar-refractivity contribution >= 4 is 39.7 Å². The van der Waals surface area contributed by atoms with Crippen molar-refractivity contribution < 1.29 is 29.0 Å². The molecule has 1 heterocycles. The molecule has 2 amide bonds. The number of hydrogen-bond donors (Lipinski definition) is 3. The zero-order chi connectivity index (χ0) is 24.0. The number of piperidine rings is 1. The second-order valence-electron chi connectivity index (χ2n) is 7.56. The predicted molar refractivity (Wildman–Crippen MR) is 124 cm³/mol. The minimum absolute atomic E-state index is 0.00706. The molecule has 0 radical (unpaired) electrons. The van der Waals surface area contributed by atoms with Gasteiger partial charge >= 0.3 is 12.1 Å². The maximum Gasteiger partial charge on any atom is 0.409 e. The molecule has 2 aromatic carbocycles. The Bertz CT molecular complexity index is 1050. The maximum absolute atomic E-state index is 13.1. The first kappa shape index (κ1) is 24.2. The van der Waals surface area contributed by atoms with Crippen molar-refractivity contribution in [2.45, 2.75) is 18.3 Å². The first-order valence-electron chi connectivity index (χ1n) is 10.2. The Hall–Kier alpha value is -3.40. The van der Waals surface area contributed by atoms with Gasteiger partial charge in [-0.2, -0.15) is 0 Å². The number of carbonyl (C=O) groups is 3. The molecule has 1 aliphatic rings. The van der Waals surface area contributed by atoms with Gasteiger partial charge in [0.25, 0.3) is 5.91 Å². The summed E-state index contributed by atoms with van der Waals surface area (Å²) in [7, 11) is 1.33. The first-order valence-corrected chi connectivity index (χ1v) is 11.0. The molecule has 3 rings (SSSR count). The number of rotatable bonds is 6. The summed E-state index contributed by atoms with van der Waals surface area (Å²) in [6.45, 7) is 0.129. The molecule has 3 N–H and O–H groups in total. The number of nitrogens with zero attached hydrogens (tertiary/aromatic N) is 1. The van der Waals surface area contributed by atoms with Crippen molar-refractivity contribution in [3.8, 4) is 5.75 Å². The molecule has 0 atom stereocenters. The van der Waals surface area contributed by atoms with E-state index in [-0.39, 0.29) is 17.1 Å². The van der Waals surface area contributed by atoms with Crippen LogP contribution in [0.1, 0.15) is 28.8 Å². The third-order valence-electron chi connectivity index (χ3n) is 5.63. The number of aliphatic carboxylic acids is 1. The van der Waals surface area contributed by atoms with Gasteiger partial charge in [0.05, 0.1) is 18.1 Å². The number of halogens is 1. The zero-order valence-electron chi connectivity index (χ0n) is 18.0. The summed E-state index contributed by atoms with van der Waals surface area (Å²) in [5.41, 5.74) is 0.150. The number of ether oxygens (including phenoxy) is 2. The molecule has 0 saturated carbocycles. The van der Waals surface area contributed by atoms with Crippen molar-refractivity contribution in [2.24, 2.45) is 0 Å². The number of carboxylic acids is 1. The Morgan fingerprint density at radius 1 is 1.15 bits per heavy atom. The number of carboxylic acid groups (broad SMARTS) is 1.